The fraction of sp³-hybridized carbons (Fsp3) is 0.662. The molecule has 0 radical (unpaired) electrons. The van der Waals surface area contributed by atoms with Crippen molar-refractivity contribution >= 4 is 75.1 Å². The third-order valence-electron chi connectivity index (χ3n) is 15.8. The first kappa shape index (κ1) is 86.0. The van der Waals surface area contributed by atoms with Gasteiger partial charge in [0.2, 0.25) is 23.6 Å². The van der Waals surface area contributed by atoms with E-state index < -0.39 is 101 Å². The summed E-state index contributed by atoms with van der Waals surface area (Å²) in [7, 11) is -3.59. The number of nitrogens with one attached hydrogen (secondary N) is 4. The van der Waals surface area contributed by atoms with Crippen LogP contribution >= 0.6 is 0 Å². The van der Waals surface area contributed by atoms with E-state index in [1.807, 2.05) is 6.92 Å². The SMILES string of the molecule is CCCC[C@H](NCC(=O)[C@H](Cc1ccc(OS(=O)(=O)O)cc1)NCC(=O)COCCOCCCC(=O)COCCOCCNC(=O)CC[C@H](CC(=O)CCCCCCCCCCCCCCCCC(=O)O)C(=O)O)C(=O)N(C)[C@H](CC(=O)O)C(=O)N[C@@H](Cc1ccccc1)C(N)=O. The smallest absolute Gasteiger partial charge is 0.446 e. The molecule has 28 nitrogen and oxygen atoms in total. The number of primary amides is 1. The number of Topliss-reactive ketones (excluding diaryl/α,β-unsaturated/α-hetero) is 4. The molecule has 0 spiro atoms. The zero-order valence-electron chi connectivity index (χ0n) is 56.5. The zero-order valence-corrected chi connectivity index (χ0v) is 57.3. The minimum Gasteiger partial charge on any atom is -0.481 e. The molecule has 2 aromatic carbocycles. The number of hydrogen-bond donors (Lipinski definition) is 9. The number of amides is 4. The van der Waals surface area contributed by atoms with Crippen LogP contribution in [0.3, 0.4) is 0 Å². The van der Waals surface area contributed by atoms with Gasteiger partial charge in [0.15, 0.2) is 17.3 Å². The van der Waals surface area contributed by atoms with Crippen LogP contribution in [0.15, 0.2) is 54.6 Å². The average molecular weight is 1390 g/mol. The van der Waals surface area contributed by atoms with Crippen molar-refractivity contribution in [3.63, 3.8) is 0 Å². The molecule has 29 heteroatoms. The molecule has 0 heterocycles. The summed E-state index contributed by atoms with van der Waals surface area (Å²) in [6.07, 6.45) is 16.3. The zero-order chi connectivity index (χ0) is 71.6. The van der Waals surface area contributed by atoms with Crippen LogP contribution in [0.2, 0.25) is 0 Å². The first-order valence-corrected chi connectivity index (χ1v) is 35.2. The monoisotopic (exact) mass is 1390 g/mol. The topological polar surface area (TPSA) is 426 Å². The van der Waals surface area contributed by atoms with Crippen LogP contribution in [0.1, 0.15) is 179 Å². The van der Waals surface area contributed by atoms with Gasteiger partial charge in [0, 0.05) is 58.7 Å². The first-order valence-electron chi connectivity index (χ1n) is 33.8. The highest BCUT2D eigenvalue weighted by atomic mass is 32.3. The van der Waals surface area contributed by atoms with Crippen molar-refractivity contribution in [3.05, 3.63) is 65.7 Å². The second-order valence-electron chi connectivity index (χ2n) is 24.1. The molecule has 0 unspecified atom stereocenters. The molecule has 0 bridgehead atoms. The molecule has 10 N–H and O–H groups in total. The van der Waals surface area contributed by atoms with Crippen molar-refractivity contribution in [2.45, 2.75) is 204 Å². The van der Waals surface area contributed by atoms with Gasteiger partial charge in [0.05, 0.1) is 70.5 Å². The lowest BCUT2D eigenvalue weighted by Gasteiger charge is -2.31. The van der Waals surface area contributed by atoms with Gasteiger partial charge in [0.1, 0.15) is 36.8 Å². The lowest BCUT2D eigenvalue weighted by molar-refractivity contribution is -0.147. The summed E-state index contributed by atoms with van der Waals surface area (Å²) >= 11 is 0. The van der Waals surface area contributed by atoms with Gasteiger partial charge in [-0.1, -0.05) is 139 Å². The Balaban J connectivity index is 1.69. The third-order valence-corrected chi connectivity index (χ3v) is 16.2. The van der Waals surface area contributed by atoms with E-state index in [-0.39, 0.29) is 141 Å². The Kier molecular flexibility index (Phi) is 46.1. The Morgan fingerprint density at radius 1 is 0.536 bits per heavy atom. The van der Waals surface area contributed by atoms with Crippen LogP contribution in [-0.2, 0) is 94.9 Å². The van der Waals surface area contributed by atoms with E-state index in [1.165, 1.54) is 63.4 Å². The molecular formula is C68H106N6O22S. The molecule has 97 heavy (non-hydrogen) atoms. The van der Waals surface area contributed by atoms with Crippen LogP contribution in [0.25, 0.3) is 0 Å². The van der Waals surface area contributed by atoms with E-state index in [1.54, 1.807) is 30.3 Å². The van der Waals surface area contributed by atoms with Crippen molar-refractivity contribution in [1.29, 1.82) is 0 Å². The number of carboxylic acids is 3. The Hall–Kier alpha value is -7.12. The number of carbonyl (C=O) groups excluding carboxylic acids is 8. The van der Waals surface area contributed by atoms with Crippen LogP contribution in [0.5, 0.6) is 5.75 Å². The van der Waals surface area contributed by atoms with Crippen molar-refractivity contribution in [2.24, 2.45) is 11.7 Å². The highest BCUT2D eigenvalue weighted by Gasteiger charge is 2.35. The van der Waals surface area contributed by atoms with E-state index in [0.29, 0.717) is 43.2 Å². The molecular weight excluding hydrogens is 1280 g/mol. The van der Waals surface area contributed by atoms with Crippen LogP contribution in [-0.4, -0.2) is 202 Å². The first-order chi connectivity index (χ1) is 46.4. The summed E-state index contributed by atoms with van der Waals surface area (Å²) in [5.41, 5.74) is 6.74. The normalized spacial score (nSPS) is 12.9. The Bertz CT molecular complexity index is 2790. The molecule has 0 fully saturated rings. The van der Waals surface area contributed by atoms with Crippen molar-refractivity contribution in [2.75, 3.05) is 79.5 Å². The number of nitrogens with two attached hydrogens (primary N) is 1. The van der Waals surface area contributed by atoms with Gasteiger partial charge >= 0.3 is 28.3 Å². The molecule has 0 aliphatic carbocycles. The summed E-state index contributed by atoms with van der Waals surface area (Å²) in [6, 6.07) is 8.98. The number of likely N-dealkylation sites (N-methyl/N-ethyl adjacent to an activating group) is 1. The van der Waals surface area contributed by atoms with Crippen LogP contribution in [0.4, 0.5) is 0 Å². The molecule has 0 aromatic heterocycles. The maximum atomic E-state index is 14.1. The molecule has 5 atom stereocenters. The van der Waals surface area contributed by atoms with E-state index in [9.17, 15) is 71.4 Å². The minimum absolute atomic E-state index is 0.000943. The fourth-order valence-electron chi connectivity index (χ4n) is 10.3. The summed E-state index contributed by atoms with van der Waals surface area (Å²) in [4.78, 5) is 140. The summed E-state index contributed by atoms with van der Waals surface area (Å²) < 4.78 is 58.0. The quantitative estimate of drug-likeness (QED) is 0.0293. The number of aliphatic carboxylic acids is 3. The maximum Gasteiger partial charge on any atom is 0.446 e. The molecule has 0 saturated heterocycles. The Morgan fingerprint density at radius 3 is 1.62 bits per heavy atom. The molecule has 546 valence electrons. The van der Waals surface area contributed by atoms with Crippen molar-refractivity contribution in [1.82, 2.24) is 26.2 Å². The van der Waals surface area contributed by atoms with Gasteiger partial charge in [-0.25, -0.2) is 0 Å². The second-order valence-corrected chi connectivity index (χ2v) is 25.1. The number of rotatable bonds is 63. The number of carbonyl (C=O) groups is 11. The van der Waals surface area contributed by atoms with Gasteiger partial charge in [-0.05, 0) is 61.8 Å². The number of hydrogen-bond acceptors (Lipinski definition) is 20. The van der Waals surface area contributed by atoms with Gasteiger partial charge in [-0.3, -0.25) is 62.6 Å². The molecule has 2 rings (SSSR count). The lowest BCUT2D eigenvalue weighted by Crippen LogP contribution is -2.57. The standard InChI is InChI=1S/C68H106N6O22S/c1-3-4-27-57(67(86)74(2)60(45-64(82)83)66(85)73-59(65(69)84)43-50-23-18-17-19-24-50)72-47-61(78)58(42-51-29-32-56(33-30-51)96-97(89,90)91)71-46-55(77)49-95-40-38-92-36-22-26-54(76)48-94-41-39-93-37-35-70-62(79)34-31-52(68(87)88)44-53(75)25-20-15-13-11-9-7-5-6-8-10-12-14-16-21-28-63(80)81/h17-19,23-24,29-30,32-33,52,57-60,71-72H,3-16,20-22,25-28,31,34-49H2,1-2H3,(H2,69,84)(H,70,79)(H,73,85)(H,80,81)(H,82,83)(H,87,88)(H,89,90,91)/t52-,57+,58+,59+,60-/m1/s1. The number of ether oxygens (including phenoxy) is 4. The largest absolute Gasteiger partial charge is 0.481 e. The van der Waals surface area contributed by atoms with Gasteiger partial charge < -0.3 is 65.0 Å². The summed E-state index contributed by atoms with van der Waals surface area (Å²) in [6.45, 7) is 1.51. The number of ketones is 4. The fourth-order valence-corrected chi connectivity index (χ4v) is 10.7. The van der Waals surface area contributed by atoms with Crippen LogP contribution < -0.4 is 31.2 Å². The molecule has 0 aliphatic heterocycles. The van der Waals surface area contributed by atoms with Crippen molar-refractivity contribution < 1.29 is 104 Å². The number of unbranched alkanes of at least 4 members (excludes halogenated alkanes) is 14. The molecule has 0 aliphatic rings. The maximum absolute atomic E-state index is 14.1. The minimum atomic E-state index is -4.83. The van der Waals surface area contributed by atoms with Gasteiger partial charge in [0.25, 0.3) is 0 Å². The molecule has 2 aromatic rings. The Labute approximate surface area is 570 Å². The van der Waals surface area contributed by atoms with E-state index in [4.69, 9.17) is 34.3 Å². The van der Waals surface area contributed by atoms with Crippen molar-refractivity contribution in [3.8, 4) is 5.75 Å². The van der Waals surface area contributed by atoms with Gasteiger partial charge in [-0.2, -0.15) is 8.42 Å². The molecule has 0 saturated carbocycles. The predicted octanol–water partition coefficient (Wildman–Crippen LogP) is 5.47. The highest BCUT2D eigenvalue weighted by Crippen LogP contribution is 2.19. The van der Waals surface area contributed by atoms with Crippen LogP contribution in [0, 0.1) is 5.92 Å². The lowest BCUT2D eigenvalue weighted by atomic mass is 9.94. The Morgan fingerprint density at radius 2 is 1.06 bits per heavy atom. The number of carboxylic acid groups (broad SMARTS) is 3. The van der Waals surface area contributed by atoms with E-state index >= 15 is 0 Å². The second kappa shape index (κ2) is 52.0. The predicted molar refractivity (Wildman–Crippen MR) is 358 cm³/mol. The number of benzene rings is 2. The number of nitrogens with zero attached hydrogens (tertiary/aromatic N) is 1. The average Bonchev–Trinajstić information content (AvgIpc) is 1.13. The highest BCUT2D eigenvalue weighted by molar-refractivity contribution is 7.81. The third kappa shape index (κ3) is 43.7. The molecule has 4 amide bonds. The van der Waals surface area contributed by atoms with E-state index in [0.717, 1.165) is 56.3 Å². The summed E-state index contributed by atoms with van der Waals surface area (Å²) in [5.74, 6) is -8.54. The van der Waals surface area contributed by atoms with Gasteiger partial charge in [-0.15, -0.1) is 0 Å². The van der Waals surface area contributed by atoms with E-state index in [2.05, 4.69) is 25.5 Å². The summed E-state index contributed by atoms with van der Waals surface area (Å²) in [5, 5.41) is 39.2.